The number of pyridine rings is 1. The lowest BCUT2D eigenvalue weighted by Crippen LogP contribution is -2.43. The Kier molecular flexibility index (Phi) is 5.45. The van der Waals surface area contributed by atoms with Crippen LogP contribution in [0.15, 0.2) is 48.0 Å². The van der Waals surface area contributed by atoms with Crippen molar-refractivity contribution in [3.8, 4) is 0 Å². The van der Waals surface area contributed by atoms with Gasteiger partial charge in [0, 0.05) is 35.9 Å². The van der Waals surface area contributed by atoms with Crippen molar-refractivity contribution in [3.05, 3.63) is 59.1 Å². The fourth-order valence-corrected chi connectivity index (χ4v) is 4.44. The Hall–Kier alpha value is -2.61. The van der Waals surface area contributed by atoms with Gasteiger partial charge in [-0.25, -0.2) is 4.98 Å². The molecular weight excluding hydrogens is 399 g/mol. The summed E-state index contributed by atoms with van der Waals surface area (Å²) in [4.78, 5) is 19.3. The maximum absolute atomic E-state index is 12.7. The van der Waals surface area contributed by atoms with Crippen LogP contribution in [0.25, 0.3) is 10.1 Å². The van der Waals surface area contributed by atoms with Gasteiger partial charge in [0.25, 0.3) is 0 Å². The number of rotatable bonds is 4. The van der Waals surface area contributed by atoms with Crippen LogP contribution in [0.1, 0.15) is 24.0 Å². The van der Waals surface area contributed by atoms with Gasteiger partial charge in [0.05, 0.1) is 11.5 Å². The number of hydrogen-bond donors (Lipinski definition) is 1. The number of hydrogen-bond acceptors (Lipinski definition) is 4. The zero-order valence-corrected chi connectivity index (χ0v) is 16.4. The second-order valence-electron chi connectivity index (χ2n) is 7.16. The molecule has 0 unspecified atom stereocenters. The topological polar surface area (TPSA) is 45.2 Å². The number of alkyl halides is 3. The van der Waals surface area contributed by atoms with Crippen LogP contribution >= 0.6 is 11.3 Å². The largest absolute Gasteiger partial charge is 0.416 e. The first-order valence-electron chi connectivity index (χ1n) is 9.43. The van der Waals surface area contributed by atoms with Gasteiger partial charge in [-0.1, -0.05) is 12.1 Å². The fourth-order valence-electron chi connectivity index (χ4n) is 3.66. The standard InChI is InChI=1S/C21H20F3N3OS/c22-21(23,24)16-5-3-14(4-6-16)12-26-20(28)15-2-1-10-27(13-15)19-17-8-11-29-18(17)7-9-25-19/h3-9,11,15H,1-2,10,12-13H2,(H,26,28)/t15-/m0/s1. The van der Waals surface area contributed by atoms with Crippen molar-refractivity contribution in [1.29, 1.82) is 0 Å². The van der Waals surface area contributed by atoms with Crippen LogP contribution in [0.2, 0.25) is 0 Å². The van der Waals surface area contributed by atoms with Crippen LogP contribution in [0.4, 0.5) is 19.0 Å². The van der Waals surface area contributed by atoms with E-state index in [1.807, 2.05) is 11.4 Å². The van der Waals surface area contributed by atoms with Crippen LogP contribution in [-0.4, -0.2) is 24.0 Å². The maximum atomic E-state index is 12.7. The van der Waals surface area contributed by atoms with Crippen LogP contribution in [0.5, 0.6) is 0 Å². The second-order valence-corrected chi connectivity index (χ2v) is 8.11. The first kappa shape index (κ1) is 19.7. The van der Waals surface area contributed by atoms with Gasteiger partial charge < -0.3 is 10.2 Å². The molecule has 1 aliphatic rings. The van der Waals surface area contributed by atoms with E-state index in [1.165, 1.54) is 16.8 Å². The summed E-state index contributed by atoms with van der Waals surface area (Å²) in [5.74, 6) is 0.657. The number of benzene rings is 1. The Bertz CT molecular complexity index is 1000. The fraction of sp³-hybridized carbons (Fsp3) is 0.333. The van der Waals surface area contributed by atoms with Gasteiger partial charge in [-0.05, 0) is 48.1 Å². The van der Waals surface area contributed by atoms with E-state index in [1.54, 1.807) is 17.5 Å². The lowest BCUT2D eigenvalue weighted by molar-refractivity contribution is -0.137. The minimum Gasteiger partial charge on any atom is -0.355 e. The number of carbonyl (C=O) groups is 1. The van der Waals surface area contributed by atoms with Crippen LogP contribution in [-0.2, 0) is 17.5 Å². The minimum absolute atomic E-state index is 0.0768. The molecule has 1 atom stereocenters. The molecule has 0 aliphatic carbocycles. The summed E-state index contributed by atoms with van der Waals surface area (Å²) in [6, 6.07) is 8.92. The minimum atomic E-state index is -4.35. The molecule has 1 N–H and O–H groups in total. The zero-order valence-electron chi connectivity index (χ0n) is 15.6. The van der Waals surface area contributed by atoms with Crippen LogP contribution in [0.3, 0.4) is 0 Å². The number of fused-ring (bicyclic) bond motifs is 1. The molecule has 8 heteroatoms. The summed E-state index contributed by atoms with van der Waals surface area (Å²) >= 11 is 1.66. The highest BCUT2D eigenvalue weighted by Gasteiger charge is 2.30. The highest BCUT2D eigenvalue weighted by atomic mass is 32.1. The molecule has 1 aromatic carbocycles. The molecule has 1 aliphatic heterocycles. The first-order chi connectivity index (χ1) is 13.9. The summed E-state index contributed by atoms with van der Waals surface area (Å²) in [6.45, 7) is 1.65. The van der Waals surface area contributed by atoms with Crippen molar-refractivity contribution < 1.29 is 18.0 Å². The predicted octanol–water partition coefficient (Wildman–Crippen LogP) is 4.85. The van der Waals surface area contributed by atoms with Gasteiger partial charge in [-0.2, -0.15) is 13.2 Å². The average Bonchev–Trinajstić information content (AvgIpc) is 3.20. The molecule has 1 amide bonds. The predicted molar refractivity (Wildman–Crippen MR) is 108 cm³/mol. The third-order valence-corrected chi connectivity index (χ3v) is 6.08. The molecule has 152 valence electrons. The van der Waals surface area contributed by atoms with Gasteiger partial charge in [-0.3, -0.25) is 4.79 Å². The molecule has 3 aromatic rings. The van der Waals surface area contributed by atoms with E-state index in [9.17, 15) is 18.0 Å². The molecule has 1 saturated heterocycles. The molecule has 0 saturated carbocycles. The number of aromatic nitrogens is 1. The molecule has 4 rings (SSSR count). The quantitative estimate of drug-likeness (QED) is 0.658. The van der Waals surface area contributed by atoms with Gasteiger partial charge in [-0.15, -0.1) is 11.3 Å². The Morgan fingerprint density at radius 3 is 2.76 bits per heavy atom. The number of thiophene rings is 1. The van der Waals surface area contributed by atoms with E-state index in [4.69, 9.17) is 0 Å². The molecule has 2 aromatic heterocycles. The van der Waals surface area contributed by atoms with E-state index in [0.717, 1.165) is 42.7 Å². The second kappa shape index (κ2) is 8.02. The molecule has 3 heterocycles. The lowest BCUT2D eigenvalue weighted by Gasteiger charge is -2.33. The zero-order chi connectivity index (χ0) is 20.4. The number of nitrogens with zero attached hydrogens (tertiary/aromatic N) is 2. The van der Waals surface area contributed by atoms with Gasteiger partial charge in [0.1, 0.15) is 5.82 Å². The number of amides is 1. The molecule has 0 spiro atoms. The SMILES string of the molecule is O=C(NCc1ccc(C(F)(F)F)cc1)[C@H]1CCCN(c2nccc3sccc23)C1. The van der Waals surface area contributed by atoms with Gasteiger partial charge >= 0.3 is 6.18 Å². The molecule has 29 heavy (non-hydrogen) atoms. The van der Waals surface area contributed by atoms with Crippen molar-refractivity contribution in [2.75, 3.05) is 18.0 Å². The van der Waals surface area contributed by atoms with Crippen molar-refractivity contribution in [2.45, 2.75) is 25.6 Å². The number of anilines is 1. The van der Waals surface area contributed by atoms with E-state index < -0.39 is 11.7 Å². The normalized spacial score (nSPS) is 17.5. The third kappa shape index (κ3) is 4.37. The maximum Gasteiger partial charge on any atom is 0.416 e. The molecule has 0 radical (unpaired) electrons. The monoisotopic (exact) mass is 419 g/mol. The number of nitrogens with one attached hydrogen (secondary N) is 1. The van der Waals surface area contributed by atoms with Gasteiger partial charge in [0.2, 0.25) is 5.91 Å². The number of piperidine rings is 1. The molecule has 0 bridgehead atoms. The van der Waals surface area contributed by atoms with Crippen LogP contribution in [0, 0.1) is 5.92 Å². The smallest absolute Gasteiger partial charge is 0.355 e. The summed E-state index contributed by atoms with van der Waals surface area (Å²) in [7, 11) is 0. The Morgan fingerprint density at radius 2 is 2.00 bits per heavy atom. The van der Waals surface area contributed by atoms with E-state index in [-0.39, 0.29) is 18.4 Å². The van der Waals surface area contributed by atoms with E-state index in [0.29, 0.717) is 12.1 Å². The van der Waals surface area contributed by atoms with Crippen molar-refractivity contribution in [2.24, 2.45) is 5.92 Å². The summed E-state index contributed by atoms with van der Waals surface area (Å²) in [5.41, 5.74) is -0.0469. The summed E-state index contributed by atoms with van der Waals surface area (Å²) in [6.07, 6.45) is -0.884. The highest BCUT2D eigenvalue weighted by Crippen LogP contribution is 2.31. The molecule has 4 nitrogen and oxygen atoms in total. The van der Waals surface area contributed by atoms with E-state index in [2.05, 4.69) is 21.3 Å². The summed E-state index contributed by atoms with van der Waals surface area (Å²) in [5, 5.41) is 6.00. The third-order valence-electron chi connectivity index (χ3n) is 5.20. The number of halogens is 3. The average molecular weight is 419 g/mol. The van der Waals surface area contributed by atoms with Gasteiger partial charge in [0.15, 0.2) is 0 Å². The van der Waals surface area contributed by atoms with Crippen molar-refractivity contribution in [3.63, 3.8) is 0 Å². The Balaban J connectivity index is 1.38. The lowest BCUT2D eigenvalue weighted by atomic mass is 9.96. The first-order valence-corrected chi connectivity index (χ1v) is 10.3. The van der Waals surface area contributed by atoms with Crippen molar-refractivity contribution in [1.82, 2.24) is 10.3 Å². The molecule has 1 fully saturated rings. The van der Waals surface area contributed by atoms with E-state index >= 15 is 0 Å². The summed E-state index contributed by atoms with van der Waals surface area (Å²) < 4.78 is 39.1. The Morgan fingerprint density at radius 1 is 1.21 bits per heavy atom. The number of carbonyl (C=O) groups excluding carboxylic acids is 1. The highest BCUT2D eigenvalue weighted by molar-refractivity contribution is 7.17. The molecular formula is C21H20F3N3OS. The van der Waals surface area contributed by atoms with Crippen molar-refractivity contribution >= 4 is 33.1 Å². The Labute approximate surface area is 170 Å². The van der Waals surface area contributed by atoms with Crippen LogP contribution < -0.4 is 10.2 Å².